The largest absolute Gasteiger partial charge is 0.493 e. The number of nitrogens with zero attached hydrogens (tertiary/aromatic N) is 6. The van der Waals surface area contributed by atoms with Crippen molar-refractivity contribution in [3.05, 3.63) is 83.1 Å². The maximum atomic E-state index is 13.6. The zero-order valence-corrected chi connectivity index (χ0v) is 19.2. The number of imidazole rings is 1. The van der Waals surface area contributed by atoms with E-state index in [0.717, 1.165) is 23.7 Å². The summed E-state index contributed by atoms with van der Waals surface area (Å²) in [5.74, 6) is 1.71. The SMILES string of the molecule is COc1cc(C=Cc2nc3n(n2)CCC[C@H]3c2ccccc2C(F)(F)F)cnc1-n1cnc(C)c1. The van der Waals surface area contributed by atoms with E-state index in [2.05, 4.69) is 20.1 Å². The molecule has 180 valence electrons. The number of hydrogen-bond acceptors (Lipinski definition) is 5. The van der Waals surface area contributed by atoms with Gasteiger partial charge in [-0.15, -0.1) is 0 Å². The van der Waals surface area contributed by atoms with Gasteiger partial charge in [-0.1, -0.05) is 18.2 Å². The molecule has 0 saturated heterocycles. The number of alkyl halides is 3. The minimum absolute atomic E-state index is 0.239. The highest BCUT2D eigenvalue weighted by Gasteiger charge is 2.37. The van der Waals surface area contributed by atoms with Gasteiger partial charge in [0.2, 0.25) is 0 Å². The van der Waals surface area contributed by atoms with Gasteiger partial charge >= 0.3 is 6.18 Å². The highest BCUT2D eigenvalue weighted by molar-refractivity contribution is 5.67. The molecule has 4 heterocycles. The zero-order chi connectivity index (χ0) is 24.6. The Hall–Kier alpha value is -3.95. The first-order chi connectivity index (χ1) is 16.8. The van der Waals surface area contributed by atoms with Gasteiger partial charge in [0.1, 0.15) is 12.2 Å². The normalized spacial score (nSPS) is 16.0. The van der Waals surface area contributed by atoms with E-state index in [9.17, 15) is 13.2 Å². The number of fused-ring (bicyclic) bond motifs is 1. The van der Waals surface area contributed by atoms with Gasteiger partial charge in [-0.05, 0) is 55.2 Å². The van der Waals surface area contributed by atoms with E-state index >= 15 is 0 Å². The van der Waals surface area contributed by atoms with Crippen molar-refractivity contribution in [3.8, 4) is 11.6 Å². The molecule has 0 amide bonds. The average molecular weight is 480 g/mol. The first-order valence-electron chi connectivity index (χ1n) is 11.2. The minimum atomic E-state index is -4.42. The van der Waals surface area contributed by atoms with Gasteiger partial charge in [-0.2, -0.15) is 18.3 Å². The molecule has 35 heavy (non-hydrogen) atoms. The first-order valence-corrected chi connectivity index (χ1v) is 11.2. The lowest BCUT2D eigenvalue weighted by Crippen LogP contribution is -2.21. The van der Waals surface area contributed by atoms with E-state index < -0.39 is 17.7 Å². The van der Waals surface area contributed by atoms with E-state index in [4.69, 9.17) is 4.74 Å². The Morgan fingerprint density at radius 2 is 1.97 bits per heavy atom. The Morgan fingerprint density at radius 1 is 1.14 bits per heavy atom. The molecule has 1 aliphatic heterocycles. The molecule has 1 atom stereocenters. The number of ether oxygens (including phenoxy) is 1. The molecular weight excluding hydrogens is 457 g/mol. The molecule has 0 spiro atoms. The highest BCUT2D eigenvalue weighted by atomic mass is 19.4. The fourth-order valence-corrected chi connectivity index (χ4v) is 4.39. The third-order valence-electron chi connectivity index (χ3n) is 5.99. The molecule has 4 aromatic rings. The van der Waals surface area contributed by atoms with Crippen molar-refractivity contribution in [2.75, 3.05) is 7.11 Å². The highest BCUT2D eigenvalue weighted by Crippen LogP contribution is 2.40. The molecule has 1 aromatic carbocycles. The molecule has 0 bridgehead atoms. The van der Waals surface area contributed by atoms with Crippen molar-refractivity contribution in [2.24, 2.45) is 0 Å². The van der Waals surface area contributed by atoms with E-state index in [-0.39, 0.29) is 5.56 Å². The molecule has 10 heteroatoms. The minimum Gasteiger partial charge on any atom is -0.493 e. The summed E-state index contributed by atoms with van der Waals surface area (Å²) in [6, 6.07) is 7.55. The van der Waals surface area contributed by atoms with Crippen molar-refractivity contribution in [1.29, 1.82) is 0 Å². The third kappa shape index (κ3) is 4.55. The van der Waals surface area contributed by atoms with Gasteiger partial charge in [0.25, 0.3) is 0 Å². The fraction of sp³-hybridized carbons (Fsp3) is 0.280. The molecule has 0 radical (unpaired) electrons. The molecule has 1 aliphatic rings. The Kier molecular flexibility index (Phi) is 5.88. The summed E-state index contributed by atoms with van der Waals surface area (Å²) in [6.45, 7) is 2.51. The summed E-state index contributed by atoms with van der Waals surface area (Å²) in [7, 11) is 1.57. The second kappa shape index (κ2) is 9.01. The van der Waals surface area contributed by atoms with Crippen molar-refractivity contribution in [1.82, 2.24) is 29.3 Å². The predicted molar refractivity (Wildman–Crippen MR) is 124 cm³/mol. The average Bonchev–Trinajstić information content (AvgIpc) is 3.47. The molecule has 0 unspecified atom stereocenters. The van der Waals surface area contributed by atoms with E-state index in [0.29, 0.717) is 36.2 Å². The van der Waals surface area contributed by atoms with Crippen LogP contribution in [0.3, 0.4) is 0 Å². The van der Waals surface area contributed by atoms with Gasteiger partial charge in [-0.25, -0.2) is 19.6 Å². The Balaban J connectivity index is 1.43. The number of rotatable bonds is 5. The lowest BCUT2D eigenvalue weighted by Gasteiger charge is -2.25. The molecule has 5 rings (SSSR count). The third-order valence-corrected chi connectivity index (χ3v) is 5.99. The number of aryl methyl sites for hydroxylation is 2. The quantitative estimate of drug-likeness (QED) is 0.388. The van der Waals surface area contributed by atoms with Crippen LogP contribution in [0.4, 0.5) is 13.2 Å². The molecule has 0 N–H and O–H groups in total. The van der Waals surface area contributed by atoms with E-state index in [1.165, 1.54) is 12.1 Å². The van der Waals surface area contributed by atoms with Crippen LogP contribution in [0.5, 0.6) is 5.75 Å². The predicted octanol–water partition coefficient (Wildman–Crippen LogP) is 5.29. The Morgan fingerprint density at radius 3 is 2.71 bits per heavy atom. The second-order valence-electron chi connectivity index (χ2n) is 8.38. The number of halogens is 3. The maximum Gasteiger partial charge on any atom is 0.416 e. The van der Waals surface area contributed by atoms with E-state index in [1.54, 1.807) is 47.1 Å². The summed E-state index contributed by atoms with van der Waals surface area (Å²) in [6.07, 6.45) is 5.65. The topological polar surface area (TPSA) is 70.7 Å². The van der Waals surface area contributed by atoms with Crippen molar-refractivity contribution in [3.63, 3.8) is 0 Å². The van der Waals surface area contributed by atoms with Crippen molar-refractivity contribution < 1.29 is 17.9 Å². The van der Waals surface area contributed by atoms with Gasteiger partial charge in [0.15, 0.2) is 17.4 Å². The Labute approximate surface area is 199 Å². The van der Waals surface area contributed by atoms with Gasteiger partial charge in [0.05, 0.1) is 18.4 Å². The summed E-state index contributed by atoms with van der Waals surface area (Å²) < 4.78 is 49.8. The summed E-state index contributed by atoms with van der Waals surface area (Å²) >= 11 is 0. The summed E-state index contributed by atoms with van der Waals surface area (Å²) in [5.41, 5.74) is 1.26. The van der Waals surface area contributed by atoms with Crippen LogP contribution in [0.25, 0.3) is 18.0 Å². The van der Waals surface area contributed by atoms with Crippen LogP contribution in [-0.4, -0.2) is 36.4 Å². The van der Waals surface area contributed by atoms with Crippen LogP contribution < -0.4 is 4.74 Å². The van der Waals surface area contributed by atoms with Gasteiger partial charge < -0.3 is 4.74 Å². The van der Waals surface area contributed by atoms with Crippen LogP contribution in [0.1, 0.15) is 52.8 Å². The molecular formula is C25H23F3N6O. The van der Waals surface area contributed by atoms with E-state index in [1.807, 2.05) is 19.2 Å². The standard InChI is InChI=1S/C25H23F3N6O/c1-16-14-33(15-30-16)24-21(35-2)12-17(13-29-24)9-10-22-31-23-19(7-5-11-34(23)32-22)18-6-3-4-8-20(18)25(26,27)28/h3-4,6,8-10,12-15,19H,5,7,11H2,1-2H3/t19-/m0/s1. The van der Waals surface area contributed by atoms with Crippen LogP contribution in [0, 0.1) is 6.92 Å². The van der Waals surface area contributed by atoms with Crippen LogP contribution in [0.2, 0.25) is 0 Å². The zero-order valence-electron chi connectivity index (χ0n) is 19.2. The summed E-state index contributed by atoms with van der Waals surface area (Å²) in [4.78, 5) is 13.3. The lowest BCUT2D eigenvalue weighted by atomic mass is 9.88. The first kappa shape index (κ1) is 22.8. The number of pyridine rings is 1. The van der Waals surface area contributed by atoms with Gasteiger partial charge in [0, 0.05) is 24.9 Å². The van der Waals surface area contributed by atoms with Crippen molar-refractivity contribution >= 4 is 12.2 Å². The number of hydrogen-bond donors (Lipinski definition) is 0. The van der Waals surface area contributed by atoms with Crippen molar-refractivity contribution in [2.45, 2.75) is 38.4 Å². The molecule has 3 aromatic heterocycles. The second-order valence-corrected chi connectivity index (χ2v) is 8.38. The smallest absolute Gasteiger partial charge is 0.416 e. The number of aromatic nitrogens is 6. The monoisotopic (exact) mass is 480 g/mol. The molecule has 0 fully saturated rings. The molecule has 0 aliphatic carbocycles. The van der Waals surface area contributed by atoms with Gasteiger partial charge in [-0.3, -0.25) is 4.57 Å². The Bertz CT molecular complexity index is 1390. The summed E-state index contributed by atoms with van der Waals surface area (Å²) in [5, 5.41) is 4.52. The maximum absolute atomic E-state index is 13.6. The number of benzene rings is 1. The molecule has 0 saturated carbocycles. The fourth-order valence-electron chi connectivity index (χ4n) is 4.39. The number of methoxy groups -OCH3 is 1. The van der Waals surface area contributed by atoms with Crippen LogP contribution >= 0.6 is 0 Å². The van der Waals surface area contributed by atoms with Crippen LogP contribution in [-0.2, 0) is 12.7 Å². The lowest BCUT2D eigenvalue weighted by molar-refractivity contribution is -0.138. The van der Waals surface area contributed by atoms with Crippen LogP contribution in [0.15, 0.2) is 49.1 Å². The molecule has 7 nitrogen and oxygen atoms in total.